The summed E-state index contributed by atoms with van der Waals surface area (Å²) in [6, 6.07) is 11.1. The van der Waals surface area contributed by atoms with E-state index in [2.05, 4.69) is 11.1 Å². The molecule has 0 saturated heterocycles. The number of rotatable bonds is 1. The lowest BCUT2D eigenvalue weighted by atomic mass is 9.86. The molecule has 0 amide bonds. The normalized spacial score (nSPS) is 19.5. The lowest BCUT2D eigenvalue weighted by molar-refractivity contribution is -0.172. The fourth-order valence-corrected chi connectivity index (χ4v) is 4.10. The number of pyridine rings is 2. The molecule has 1 atom stereocenters. The zero-order chi connectivity index (χ0) is 19.6. The first-order chi connectivity index (χ1) is 13.5. The maximum atomic E-state index is 13.1. The number of nitriles is 1. The number of nitrogens with zero attached hydrogens (tertiary/aromatic N) is 3. The summed E-state index contributed by atoms with van der Waals surface area (Å²) in [4.78, 5) is 29.9. The van der Waals surface area contributed by atoms with Gasteiger partial charge in [-0.3, -0.25) is 4.79 Å². The number of para-hydroxylation sites is 1. The highest BCUT2D eigenvalue weighted by Crippen LogP contribution is 2.38. The molecule has 2 aliphatic rings. The molecule has 1 N–H and O–H groups in total. The van der Waals surface area contributed by atoms with E-state index >= 15 is 0 Å². The van der Waals surface area contributed by atoms with E-state index in [4.69, 9.17) is 4.74 Å². The summed E-state index contributed by atoms with van der Waals surface area (Å²) in [7, 11) is 0. The van der Waals surface area contributed by atoms with Gasteiger partial charge in [0.05, 0.1) is 34.6 Å². The number of carbonyl (C=O) groups is 1. The van der Waals surface area contributed by atoms with Gasteiger partial charge in [0, 0.05) is 16.5 Å². The third-order valence-electron chi connectivity index (χ3n) is 5.66. The van der Waals surface area contributed by atoms with Crippen LogP contribution in [0.4, 0.5) is 0 Å². The first kappa shape index (κ1) is 16.7. The number of carbonyl (C=O) groups excluding carboxylic acids is 1. The van der Waals surface area contributed by atoms with Crippen LogP contribution >= 0.6 is 0 Å². The number of hydrogen-bond donors (Lipinski definition) is 1. The maximum absolute atomic E-state index is 13.1. The molecule has 0 radical (unpaired) electrons. The van der Waals surface area contributed by atoms with E-state index < -0.39 is 11.6 Å². The van der Waals surface area contributed by atoms with Crippen LogP contribution in [0.1, 0.15) is 35.6 Å². The zero-order valence-corrected chi connectivity index (χ0v) is 15.0. The Morgan fingerprint density at radius 2 is 2.18 bits per heavy atom. The predicted molar refractivity (Wildman–Crippen MR) is 99.2 cm³/mol. The van der Waals surface area contributed by atoms with Gasteiger partial charge in [-0.15, -0.1) is 0 Å². The van der Waals surface area contributed by atoms with Crippen LogP contribution in [0.3, 0.4) is 0 Å². The molecule has 0 spiro atoms. The van der Waals surface area contributed by atoms with Crippen molar-refractivity contribution < 1.29 is 14.6 Å². The number of hydrogen-bond acceptors (Lipinski definition) is 6. The Balaban J connectivity index is 1.82. The van der Waals surface area contributed by atoms with Gasteiger partial charge in [-0.2, -0.15) is 5.26 Å². The second kappa shape index (κ2) is 5.50. The molecule has 138 valence electrons. The largest absolute Gasteiger partial charge is 0.458 e. The van der Waals surface area contributed by atoms with E-state index in [9.17, 15) is 20.0 Å². The predicted octanol–water partition coefficient (Wildman–Crippen LogP) is 1.95. The van der Waals surface area contributed by atoms with Crippen molar-refractivity contribution in [2.45, 2.75) is 32.1 Å². The summed E-state index contributed by atoms with van der Waals surface area (Å²) >= 11 is 0. The molecule has 0 bridgehead atoms. The molecule has 7 nitrogen and oxygen atoms in total. The number of fused-ring (bicyclic) bond motifs is 5. The second-order valence-electron chi connectivity index (χ2n) is 7.09. The van der Waals surface area contributed by atoms with Crippen molar-refractivity contribution in [1.82, 2.24) is 9.55 Å². The van der Waals surface area contributed by atoms with E-state index in [0.29, 0.717) is 34.6 Å². The van der Waals surface area contributed by atoms with Gasteiger partial charge in [-0.1, -0.05) is 19.1 Å². The van der Waals surface area contributed by atoms with Crippen LogP contribution in [0.2, 0.25) is 0 Å². The molecular weight excluding hydrogens is 358 g/mol. The van der Waals surface area contributed by atoms with Crippen LogP contribution in [0, 0.1) is 11.3 Å². The molecule has 28 heavy (non-hydrogen) atoms. The number of ether oxygens (including phenoxy) is 1. The highest BCUT2D eigenvalue weighted by molar-refractivity contribution is 5.89. The van der Waals surface area contributed by atoms with Crippen molar-refractivity contribution in [2.24, 2.45) is 0 Å². The van der Waals surface area contributed by atoms with Gasteiger partial charge in [-0.25, -0.2) is 9.78 Å². The lowest BCUT2D eigenvalue weighted by Gasteiger charge is -2.31. The molecule has 0 saturated carbocycles. The van der Waals surface area contributed by atoms with E-state index in [-0.39, 0.29) is 24.2 Å². The SMILES string of the molecule is CCC1(O)C(=O)OCc2c1cc1n(c2=O)Cc2cc3cccc(C#N)c3nc2-1. The van der Waals surface area contributed by atoms with Crippen molar-refractivity contribution in [3.8, 4) is 17.5 Å². The smallest absolute Gasteiger partial charge is 0.343 e. The van der Waals surface area contributed by atoms with Crippen LogP contribution < -0.4 is 5.56 Å². The van der Waals surface area contributed by atoms with Gasteiger partial charge < -0.3 is 14.4 Å². The molecule has 0 fully saturated rings. The maximum Gasteiger partial charge on any atom is 0.343 e. The Kier molecular flexibility index (Phi) is 3.27. The van der Waals surface area contributed by atoms with E-state index in [1.807, 2.05) is 12.1 Å². The number of aromatic nitrogens is 2. The van der Waals surface area contributed by atoms with Crippen LogP contribution in [0.25, 0.3) is 22.3 Å². The van der Waals surface area contributed by atoms with E-state index in [0.717, 1.165) is 10.9 Å². The first-order valence-electron chi connectivity index (χ1n) is 8.98. The standard InChI is InChI=1S/C21H15N3O4/c1-2-21(27)15-7-16-18-13(6-11-4-3-5-12(8-22)17(11)23-18)9-24(16)19(25)14(15)10-28-20(21)26/h3-7,27H,2,9-10H2,1H3. The molecular formula is C21H15N3O4. The summed E-state index contributed by atoms with van der Waals surface area (Å²) in [5, 5.41) is 21.1. The van der Waals surface area contributed by atoms with Gasteiger partial charge in [0.25, 0.3) is 5.56 Å². The van der Waals surface area contributed by atoms with Crippen molar-refractivity contribution in [1.29, 1.82) is 5.26 Å². The summed E-state index contributed by atoms with van der Waals surface area (Å²) < 4.78 is 6.65. The Hall–Kier alpha value is -3.50. The summed E-state index contributed by atoms with van der Waals surface area (Å²) in [5.74, 6) is -0.747. The average Bonchev–Trinajstić information content (AvgIpc) is 3.07. The van der Waals surface area contributed by atoms with Crippen molar-refractivity contribution in [3.05, 3.63) is 62.9 Å². The molecule has 3 aromatic rings. The van der Waals surface area contributed by atoms with Gasteiger partial charge in [0.15, 0.2) is 5.60 Å². The monoisotopic (exact) mass is 373 g/mol. The van der Waals surface area contributed by atoms with Crippen LogP contribution in [-0.4, -0.2) is 20.6 Å². The Morgan fingerprint density at radius 3 is 2.93 bits per heavy atom. The molecule has 1 aromatic carbocycles. The Labute approximate surface area is 159 Å². The molecule has 5 rings (SSSR count). The molecule has 2 aromatic heterocycles. The van der Waals surface area contributed by atoms with Gasteiger partial charge in [0.2, 0.25) is 0 Å². The fourth-order valence-electron chi connectivity index (χ4n) is 4.10. The lowest BCUT2D eigenvalue weighted by Crippen LogP contribution is -2.44. The molecule has 0 aliphatic carbocycles. The fraction of sp³-hybridized carbons (Fsp3) is 0.238. The highest BCUT2D eigenvalue weighted by atomic mass is 16.6. The van der Waals surface area contributed by atoms with Gasteiger partial charge >= 0.3 is 5.97 Å². The number of aliphatic hydroxyl groups is 1. The minimum Gasteiger partial charge on any atom is -0.458 e. The molecule has 2 aliphatic heterocycles. The number of cyclic esters (lactones) is 1. The minimum atomic E-state index is -1.85. The first-order valence-corrected chi connectivity index (χ1v) is 8.98. The van der Waals surface area contributed by atoms with E-state index in [1.54, 1.807) is 29.7 Å². The third kappa shape index (κ3) is 1.98. The number of benzene rings is 1. The van der Waals surface area contributed by atoms with Crippen molar-refractivity contribution in [2.75, 3.05) is 0 Å². The van der Waals surface area contributed by atoms with Crippen molar-refractivity contribution in [3.63, 3.8) is 0 Å². The second-order valence-corrected chi connectivity index (χ2v) is 7.09. The summed E-state index contributed by atoms with van der Waals surface area (Å²) in [5.41, 5.74) is 1.43. The minimum absolute atomic E-state index is 0.0955. The van der Waals surface area contributed by atoms with Crippen molar-refractivity contribution >= 4 is 16.9 Å². The highest BCUT2D eigenvalue weighted by Gasteiger charge is 2.45. The Morgan fingerprint density at radius 1 is 1.36 bits per heavy atom. The Bertz CT molecular complexity index is 1300. The third-order valence-corrected chi connectivity index (χ3v) is 5.66. The average molecular weight is 373 g/mol. The molecule has 7 heteroatoms. The zero-order valence-electron chi connectivity index (χ0n) is 15.0. The number of esters is 1. The molecule has 4 heterocycles. The van der Waals surface area contributed by atoms with Crippen LogP contribution in [0.15, 0.2) is 35.1 Å². The molecule has 1 unspecified atom stereocenters. The van der Waals surface area contributed by atoms with Crippen LogP contribution in [-0.2, 0) is 28.3 Å². The van der Waals surface area contributed by atoms with E-state index in [1.165, 1.54) is 0 Å². The van der Waals surface area contributed by atoms with Gasteiger partial charge in [0.1, 0.15) is 12.7 Å². The summed E-state index contributed by atoms with van der Waals surface area (Å²) in [6.07, 6.45) is 0.0955. The van der Waals surface area contributed by atoms with Crippen LogP contribution in [0.5, 0.6) is 0 Å². The summed E-state index contributed by atoms with van der Waals surface area (Å²) in [6.45, 7) is 1.86. The quantitative estimate of drug-likeness (QED) is 0.511. The van der Waals surface area contributed by atoms with Gasteiger partial charge in [-0.05, 0) is 24.6 Å². The topological polar surface area (TPSA) is 105 Å².